The van der Waals surface area contributed by atoms with E-state index in [0.29, 0.717) is 12.0 Å². The number of hydrogen-bond donors (Lipinski definition) is 1. The molecule has 1 atom stereocenters. The number of carbonyl (C=O) groups is 2. The van der Waals surface area contributed by atoms with Crippen LogP contribution in [0.25, 0.3) is 0 Å². The van der Waals surface area contributed by atoms with Crippen molar-refractivity contribution in [1.82, 2.24) is 5.32 Å². The molecule has 1 aliphatic carbocycles. The highest BCUT2D eigenvalue weighted by molar-refractivity contribution is 7.91. The zero-order valence-electron chi connectivity index (χ0n) is 13.9. The minimum Gasteiger partial charge on any atom is -0.350 e. The Balaban J connectivity index is 1.54. The van der Waals surface area contributed by atoms with Crippen LogP contribution in [0.1, 0.15) is 54.1 Å². The second-order valence-corrected chi connectivity index (χ2v) is 9.40. The van der Waals surface area contributed by atoms with E-state index in [4.69, 9.17) is 0 Å². The summed E-state index contributed by atoms with van der Waals surface area (Å²) in [5, 5.41) is 2.79. The van der Waals surface area contributed by atoms with Gasteiger partial charge in [-0.25, -0.2) is 8.42 Å². The van der Waals surface area contributed by atoms with Gasteiger partial charge in [0.05, 0.1) is 17.0 Å². The largest absolute Gasteiger partial charge is 0.350 e. The highest BCUT2D eigenvalue weighted by atomic mass is 32.2. The van der Waals surface area contributed by atoms with E-state index in [2.05, 4.69) is 5.32 Å². The van der Waals surface area contributed by atoms with Crippen molar-refractivity contribution < 1.29 is 18.0 Å². The fourth-order valence-electron chi connectivity index (χ4n) is 3.62. The first kappa shape index (κ1) is 17.1. The van der Waals surface area contributed by atoms with E-state index in [1.54, 1.807) is 6.92 Å². The van der Waals surface area contributed by atoms with E-state index in [1.165, 1.54) is 11.1 Å². The van der Waals surface area contributed by atoms with Gasteiger partial charge in [0.1, 0.15) is 0 Å². The smallest absolute Gasteiger partial charge is 0.220 e. The summed E-state index contributed by atoms with van der Waals surface area (Å²) in [6.07, 6.45) is 3.90. The van der Waals surface area contributed by atoms with Crippen LogP contribution in [0.5, 0.6) is 0 Å². The molecule has 1 saturated heterocycles. The third kappa shape index (κ3) is 3.86. The van der Waals surface area contributed by atoms with Crippen LogP contribution in [-0.2, 0) is 27.5 Å². The molecule has 1 N–H and O–H groups in total. The van der Waals surface area contributed by atoms with Gasteiger partial charge in [0, 0.05) is 18.4 Å². The lowest BCUT2D eigenvalue weighted by Gasteiger charge is -2.23. The van der Waals surface area contributed by atoms with Crippen molar-refractivity contribution in [2.24, 2.45) is 0 Å². The van der Waals surface area contributed by atoms with E-state index >= 15 is 0 Å². The van der Waals surface area contributed by atoms with E-state index in [1.807, 2.05) is 18.2 Å². The van der Waals surface area contributed by atoms with Gasteiger partial charge in [-0.1, -0.05) is 12.1 Å². The lowest BCUT2D eigenvalue weighted by Crippen LogP contribution is -2.46. The average molecular weight is 349 g/mol. The Hall–Kier alpha value is -1.69. The first-order valence-corrected chi connectivity index (χ1v) is 10.2. The van der Waals surface area contributed by atoms with Crippen LogP contribution in [0.4, 0.5) is 0 Å². The summed E-state index contributed by atoms with van der Waals surface area (Å²) >= 11 is 0. The number of carbonyl (C=O) groups excluding carboxylic acids is 2. The van der Waals surface area contributed by atoms with Gasteiger partial charge >= 0.3 is 0 Å². The summed E-state index contributed by atoms with van der Waals surface area (Å²) in [5.41, 5.74) is 2.53. The van der Waals surface area contributed by atoms with Crippen LogP contribution in [-0.4, -0.2) is 37.2 Å². The predicted molar refractivity (Wildman–Crippen MR) is 91.9 cm³/mol. The maximum absolute atomic E-state index is 12.3. The van der Waals surface area contributed by atoms with Crippen molar-refractivity contribution in [3.8, 4) is 0 Å². The molecule has 2 aliphatic rings. The van der Waals surface area contributed by atoms with Crippen LogP contribution < -0.4 is 5.32 Å². The Morgan fingerprint density at radius 1 is 1.17 bits per heavy atom. The topological polar surface area (TPSA) is 80.3 Å². The lowest BCUT2D eigenvalue weighted by atomic mass is 9.99. The number of sulfone groups is 1. The van der Waals surface area contributed by atoms with Crippen molar-refractivity contribution in [2.45, 2.75) is 51.0 Å². The molecule has 0 bridgehead atoms. The van der Waals surface area contributed by atoms with E-state index < -0.39 is 15.4 Å². The Labute approximate surface area is 142 Å². The fourth-order valence-corrected chi connectivity index (χ4v) is 5.72. The Bertz CT molecular complexity index is 784. The number of hydrogen-bond acceptors (Lipinski definition) is 4. The number of aryl methyl sites for hydroxylation is 2. The first-order chi connectivity index (χ1) is 11.3. The van der Waals surface area contributed by atoms with Gasteiger partial charge in [0.25, 0.3) is 0 Å². The number of ketones is 1. The van der Waals surface area contributed by atoms with Gasteiger partial charge in [0.15, 0.2) is 15.6 Å². The molecule has 0 unspecified atom stereocenters. The molecular formula is C18H23NO4S. The van der Waals surface area contributed by atoms with Crippen molar-refractivity contribution >= 4 is 21.5 Å². The van der Waals surface area contributed by atoms with Crippen LogP contribution in [0, 0.1) is 0 Å². The molecule has 3 rings (SSSR count). The number of nitrogens with one attached hydrogen (secondary N) is 1. The fraction of sp³-hybridized carbons (Fsp3) is 0.556. The molecule has 1 heterocycles. The quantitative estimate of drug-likeness (QED) is 0.823. The summed E-state index contributed by atoms with van der Waals surface area (Å²) in [4.78, 5) is 24.4. The Morgan fingerprint density at radius 2 is 1.92 bits per heavy atom. The molecule has 1 amide bonds. The van der Waals surface area contributed by atoms with E-state index in [9.17, 15) is 18.0 Å². The molecule has 1 aliphatic heterocycles. The Kier molecular flexibility index (Phi) is 4.51. The second-order valence-electron chi connectivity index (χ2n) is 7.21. The van der Waals surface area contributed by atoms with Crippen molar-refractivity contribution in [2.75, 3.05) is 11.5 Å². The monoisotopic (exact) mass is 349 g/mol. The van der Waals surface area contributed by atoms with Crippen LogP contribution >= 0.6 is 0 Å². The third-order valence-corrected chi connectivity index (χ3v) is 6.85. The molecular weight excluding hydrogens is 326 g/mol. The summed E-state index contributed by atoms with van der Waals surface area (Å²) in [6.45, 7) is 1.75. The Morgan fingerprint density at radius 3 is 2.62 bits per heavy atom. The molecule has 0 radical (unpaired) electrons. The molecule has 1 fully saturated rings. The average Bonchev–Trinajstić information content (AvgIpc) is 3.07. The van der Waals surface area contributed by atoms with Gasteiger partial charge in [-0.3, -0.25) is 9.59 Å². The van der Waals surface area contributed by atoms with E-state index in [0.717, 1.165) is 19.3 Å². The number of Topliss-reactive ketones (excluding diaryl/α,β-unsaturated/α-hetero) is 1. The van der Waals surface area contributed by atoms with Gasteiger partial charge < -0.3 is 5.32 Å². The second kappa shape index (κ2) is 6.31. The molecule has 0 aromatic heterocycles. The molecule has 5 nitrogen and oxygen atoms in total. The predicted octanol–water partition coefficient (Wildman–Crippen LogP) is 1.83. The third-order valence-electron chi connectivity index (χ3n) is 4.94. The number of amides is 1. The molecule has 24 heavy (non-hydrogen) atoms. The molecule has 1 aromatic carbocycles. The van der Waals surface area contributed by atoms with Crippen LogP contribution in [0.2, 0.25) is 0 Å². The van der Waals surface area contributed by atoms with Crippen LogP contribution in [0.3, 0.4) is 0 Å². The van der Waals surface area contributed by atoms with Crippen molar-refractivity contribution in [1.29, 1.82) is 0 Å². The van der Waals surface area contributed by atoms with Crippen LogP contribution in [0.15, 0.2) is 18.2 Å². The number of rotatable bonds is 5. The lowest BCUT2D eigenvalue weighted by molar-refractivity contribution is -0.122. The minimum absolute atomic E-state index is 0.0233. The maximum atomic E-state index is 12.3. The van der Waals surface area contributed by atoms with E-state index in [-0.39, 0.29) is 36.0 Å². The summed E-state index contributed by atoms with van der Waals surface area (Å²) in [5.74, 6) is -0.212. The van der Waals surface area contributed by atoms with Gasteiger partial charge in [-0.05, 0) is 49.8 Å². The number of fused-ring (bicyclic) bond motifs is 1. The van der Waals surface area contributed by atoms with Crippen molar-refractivity contribution in [3.63, 3.8) is 0 Å². The zero-order valence-corrected chi connectivity index (χ0v) is 14.7. The van der Waals surface area contributed by atoms with Gasteiger partial charge in [0.2, 0.25) is 5.91 Å². The van der Waals surface area contributed by atoms with Gasteiger partial charge in [-0.2, -0.15) is 0 Å². The first-order valence-electron chi connectivity index (χ1n) is 8.43. The summed E-state index contributed by atoms with van der Waals surface area (Å²) in [6, 6.07) is 5.81. The highest BCUT2D eigenvalue weighted by Crippen LogP contribution is 2.24. The molecule has 1 aromatic rings. The zero-order chi connectivity index (χ0) is 17.4. The summed E-state index contributed by atoms with van der Waals surface area (Å²) in [7, 11) is -3.06. The molecule has 130 valence electrons. The molecule has 6 heteroatoms. The minimum atomic E-state index is -3.06. The molecule has 0 spiro atoms. The standard InChI is InChI=1S/C18H23NO4S/c1-18(9-10-24(22,23)12-18)19-17(21)8-7-16(20)15-6-5-13-3-2-4-14(13)11-15/h5-6,11H,2-4,7-10,12H2,1H3,(H,19,21)/t18-/m0/s1. The maximum Gasteiger partial charge on any atom is 0.220 e. The summed E-state index contributed by atoms with van der Waals surface area (Å²) < 4.78 is 23.1. The highest BCUT2D eigenvalue weighted by Gasteiger charge is 2.39. The SMILES string of the molecule is C[C@]1(NC(=O)CCC(=O)c2ccc3c(c2)CCC3)CCS(=O)(=O)C1. The normalized spacial score (nSPS) is 24.5. The van der Waals surface area contributed by atoms with Gasteiger partial charge in [-0.15, -0.1) is 0 Å². The van der Waals surface area contributed by atoms with Crippen molar-refractivity contribution in [3.05, 3.63) is 34.9 Å². The number of benzene rings is 1. The molecule has 0 saturated carbocycles.